The highest BCUT2D eigenvalue weighted by Crippen LogP contribution is 2.40. The third kappa shape index (κ3) is 4.23. The third-order valence-electron chi connectivity index (χ3n) is 6.97. The van der Waals surface area contributed by atoms with Gasteiger partial charge < -0.3 is 9.84 Å². The fourth-order valence-corrected chi connectivity index (χ4v) is 8.95. The van der Waals surface area contributed by atoms with Crippen molar-refractivity contribution in [3.05, 3.63) is 132 Å². The zero-order valence-electron chi connectivity index (χ0n) is 19.8. The first-order chi connectivity index (χ1) is 17.1. The molecule has 3 heteroatoms. The lowest BCUT2D eigenvalue weighted by Gasteiger charge is -2.28. The zero-order chi connectivity index (χ0) is 24.3. The molecule has 172 valence electrons. The minimum atomic E-state index is -2.68. The summed E-state index contributed by atoms with van der Waals surface area (Å²) in [5, 5.41) is 14.8. The molecule has 1 aliphatic rings. The van der Waals surface area contributed by atoms with Crippen molar-refractivity contribution in [2.24, 2.45) is 5.92 Å². The largest absolute Gasteiger partial charge is 0.497 e. The molecular formula is C32H28O2Si. The highest BCUT2D eigenvalue weighted by atomic mass is 28.3. The fraction of sp³-hybridized carbons (Fsp3) is 0.125. The SMILES string of the molecule is C=C(C#C[Si](c1ccccc1)(c1ccccc1)c1ccccc1)[C@H]1Cc2ccc(OC)cc2[C@H]1O. The smallest absolute Gasteiger partial charge is 0.230 e. The van der Waals surface area contributed by atoms with E-state index in [0.717, 1.165) is 28.9 Å². The van der Waals surface area contributed by atoms with E-state index in [0.29, 0.717) is 0 Å². The molecular weight excluding hydrogens is 444 g/mol. The summed E-state index contributed by atoms with van der Waals surface area (Å²) < 4.78 is 5.37. The Hall–Kier alpha value is -3.84. The van der Waals surface area contributed by atoms with Crippen molar-refractivity contribution >= 4 is 23.6 Å². The van der Waals surface area contributed by atoms with Crippen LogP contribution in [0.3, 0.4) is 0 Å². The van der Waals surface area contributed by atoms with Gasteiger partial charge in [-0.15, -0.1) is 5.54 Å². The van der Waals surface area contributed by atoms with Gasteiger partial charge in [-0.3, -0.25) is 0 Å². The molecule has 0 saturated heterocycles. The molecule has 5 rings (SSSR count). The van der Waals surface area contributed by atoms with E-state index in [-0.39, 0.29) is 5.92 Å². The van der Waals surface area contributed by atoms with Crippen LogP contribution < -0.4 is 20.3 Å². The lowest BCUT2D eigenvalue weighted by Crippen LogP contribution is -2.66. The van der Waals surface area contributed by atoms with Gasteiger partial charge in [0.05, 0.1) is 13.2 Å². The highest BCUT2D eigenvalue weighted by molar-refractivity contribution is 7.16. The normalized spacial score (nSPS) is 16.6. The maximum absolute atomic E-state index is 11.1. The number of benzene rings is 4. The summed E-state index contributed by atoms with van der Waals surface area (Å²) >= 11 is 0. The molecule has 0 spiro atoms. The van der Waals surface area contributed by atoms with Crippen LogP contribution >= 0.6 is 0 Å². The lowest BCUT2D eigenvalue weighted by molar-refractivity contribution is 0.142. The Morgan fingerprint density at radius 2 is 1.34 bits per heavy atom. The van der Waals surface area contributed by atoms with Crippen molar-refractivity contribution in [2.45, 2.75) is 12.5 Å². The molecule has 2 atom stereocenters. The second kappa shape index (κ2) is 9.80. The van der Waals surface area contributed by atoms with E-state index < -0.39 is 14.2 Å². The van der Waals surface area contributed by atoms with E-state index in [1.165, 1.54) is 15.6 Å². The molecule has 0 aliphatic heterocycles. The first-order valence-corrected chi connectivity index (χ1v) is 13.9. The second-order valence-electron chi connectivity index (χ2n) is 8.94. The van der Waals surface area contributed by atoms with Gasteiger partial charge in [0.15, 0.2) is 0 Å². The van der Waals surface area contributed by atoms with Crippen molar-refractivity contribution < 1.29 is 9.84 Å². The lowest BCUT2D eigenvalue weighted by atomic mass is 9.96. The van der Waals surface area contributed by atoms with Crippen LogP contribution in [0.4, 0.5) is 0 Å². The molecule has 35 heavy (non-hydrogen) atoms. The molecule has 0 saturated carbocycles. The van der Waals surface area contributed by atoms with Crippen molar-refractivity contribution in [3.63, 3.8) is 0 Å². The monoisotopic (exact) mass is 472 g/mol. The molecule has 0 radical (unpaired) electrons. The highest BCUT2D eigenvalue weighted by Gasteiger charge is 2.39. The summed E-state index contributed by atoms with van der Waals surface area (Å²) in [4.78, 5) is 0. The van der Waals surface area contributed by atoms with Crippen molar-refractivity contribution in [3.8, 4) is 17.2 Å². The van der Waals surface area contributed by atoms with E-state index >= 15 is 0 Å². The van der Waals surface area contributed by atoms with E-state index in [1.54, 1.807) is 7.11 Å². The average Bonchev–Trinajstić information content (AvgIpc) is 3.26. The number of aliphatic hydroxyl groups excluding tert-OH is 1. The molecule has 1 aliphatic carbocycles. The number of hydrogen-bond acceptors (Lipinski definition) is 2. The van der Waals surface area contributed by atoms with Crippen LogP contribution in [0.1, 0.15) is 17.2 Å². The van der Waals surface area contributed by atoms with Gasteiger partial charge in [0.2, 0.25) is 8.07 Å². The van der Waals surface area contributed by atoms with Crippen LogP contribution in [0.2, 0.25) is 0 Å². The molecule has 4 aromatic rings. The Morgan fingerprint density at radius 3 is 1.83 bits per heavy atom. The van der Waals surface area contributed by atoms with Gasteiger partial charge >= 0.3 is 0 Å². The topological polar surface area (TPSA) is 29.5 Å². The number of ether oxygens (including phenoxy) is 1. The Labute approximate surface area is 208 Å². The average molecular weight is 473 g/mol. The first kappa shape index (κ1) is 22.9. The summed E-state index contributed by atoms with van der Waals surface area (Å²) in [6, 6.07) is 37.7. The van der Waals surface area contributed by atoms with Crippen LogP contribution in [0.15, 0.2) is 121 Å². The van der Waals surface area contributed by atoms with Crippen LogP contribution in [0, 0.1) is 17.4 Å². The van der Waals surface area contributed by atoms with Gasteiger partial charge in [-0.2, -0.15) is 0 Å². The summed E-state index contributed by atoms with van der Waals surface area (Å²) in [5.74, 6) is 4.09. The molecule has 0 amide bonds. The van der Waals surface area contributed by atoms with E-state index in [2.05, 4.69) is 90.8 Å². The van der Waals surface area contributed by atoms with E-state index in [4.69, 9.17) is 4.74 Å². The van der Waals surface area contributed by atoms with Gasteiger partial charge in [-0.05, 0) is 45.2 Å². The summed E-state index contributed by atoms with van der Waals surface area (Å²) in [6.07, 6.45) is 0.0908. The van der Waals surface area contributed by atoms with Gasteiger partial charge in [0.1, 0.15) is 5.75 Å². The number of aliphatic hydroxyl groups is 1. The summed E-state index contributed by atoms with van der Waals surface area (Å²) in [5.41, 5.74) is 6.59. The van der Waals surface area contributed by atoms with Gasteiger partial charge in [0.25, 0.3) is 0 Å². The number of fused-ring (bicyclic) bond motifs is 1. The standard InChI is InChI=1S/C32H28O2Si/c1-24(30-22-25-18-19-26(34-2)23-31(25)32(30)33)20-21-35(27-12-6-3-7-13-27,28-14-8-4-9-15-28)29-16-10-5-11-17-29/h3-19,23,30,32-33H,1,22H2,2H3/t30-,32+/m1/s1. The Balaban J connectivity index is 1.61. The number of hydrogen-bond donors (Lipinski definition) is 1. The molecule has 1 N–H and O–H groups in total. The summed E-state index contributed by atoms with van der Waals surface area (Å²) in [7, 11) is -1.03. The maximum atomic E-state index is 11.1. The minimum Gasteiger partial charge on any atom is -0.497 e. The van der Waals surface area contributed by atoms with Gasteiger partial charge in [-0.1, -0.05) is 110 Å². The fourth-order valence-electron chi connectivity index (χ4n) is 5.09. The molecule has 0 bridgehead atoms. The quantitative estimate of drug-likeness (QED) is 0.268. The van der Waals surface area contributed by atoms with Crippen molar-refractivity contribution in [1.82, 2.24) is 0 Å². The van der Waals surface area contributed by atoms with Gasteiger partial charge in [0, 0.05) is 11.5 Å². The Kier molecular flexibility index (Phi) is 6.42. The van der Waals surface area contributed by atoms with E-state index in [1.807, 2.05) is 36.4 Å². The predicted molar refractivity (Wildman–Crippen MR) is 146 cm³/mol. The van der Waals surface area contributed by atoms with Crippen LogP contribution in [0.5, 0.6) is 5.75 Å². The molecule has 4 aromatic carbocycles. The van der Waals surface area contributed by atoms with Crippen LogP contribution in [0.25, 0.3) is 0 Å². The van der Waals surface area contributed by atoms with Gasteiger partial charge in [-0.25, -0.2) is 0 Å². The van der Waals surface area contributed by atoms with Crippen LogP contribution in [-0.2, 0) is 6.42 Å². The van der Waals surface area contributed by atoms with Crippen LogP contribution in [-0.4, -0.2) is 20.3 Å². The molecule has 2 nitrogen and oxygen atoms in total. The second-order valence-corrected chi connectivity index (χ2v) is 12.4. The number of methoxy groups -OCH3 is 1. The number of rotatable bonds is 5. The predicted octanol–water partition coefficient (Wildman–Crippen LogP) is 4.17. The minimum absolute atomic E-state index is 0.140. The Bertz CT molecular complexity index is 1290. The molecule has 0 fully saturated rings. The van der Waals surface area contributed by atoms with Crippen molar-refractivity contribution in [1.29, 1.82) is 0 Å². The molecule has 0 aromatic heterocycles. The summed E-state index contributed by atoms with van der Waals surface area (Å²) in [6.45, 7) is 4.35. The zero-order valence-corrected chi connectivity index (χ0v) is 20.8. The van der Waals surface area contributed by atoms with E-state index in [9.17, 15) is 5.11 Å². The molecule has 0 unspecified atom stereocenters. The third-order valence-corrected chi connectivity index (χ3v) is 11.1. The Morgan fingerprint density at radius 1 is 0.829 bits per heavy atom. The maximum Gasteiger partial charge on any atom is 0.230 e. The van der Waals surface area contributed by atoms with Crippen molar-refractivity contribution in [2.75, 3.05) is 7.11 Å². The first-order valence-electron chi connectivity index (χ1n) is 11.9. The molecule has 0 heterocycles.